The molecule has 0 aliphatic heterocycles. The van der Waals surface area contributed by atoms with E-state index in [-0.39, 0.29) is 17.0 Å². The zero-order valence-electron chi connectivity index (χ0n) is 7.78. The number of halogens is 1. The van der Waals surface area contributed by atoms with Crippen molar-refractivity contribution in [2.45, 2.75) is 0 Å². The maximum atomic E-state index is 2.22. The Morgan fingerprint density at radius 2 is 1.36 bits per heavy atom. The summed E-state index contributed by atoms with van der Waals surface area (Å²) >= 11 is 1.92. The van der Waals surface area contributed by atoms with Gasteiger partial charge in [-0.2, -0.15) is 0 Å². The molecular weight excluding hydrogens is 248 g/mol. The van der Waals surface area contributed by atoms with Crippen LogP contribution in [0, 0.1) is 0 Å². The molecule has 0 spiro atoms. The van der Waals surface area contributed by atoms with Crippen LogP contribution >= 0.6 is 0 Å². The summed E-state index contributed by atoms with van der Waals surface area (Å²) in [4.78, 5) is 0. The average molecular weight is 257 g/mol. The molecule has 2 aromatic carbocycles. The summed E-state index contributed by atoms with van der Waals surface area (Å²) < 4.78 is 1.33. The minimum absolute atomic E-state index is 0. The minimum atomic E-state index is 0. The third kappa shape index (κ3) is 2.84. The van der Waals surface area contributed by atoms with Gasteiger partial charge in [0, 0.05) is 0 Å². The maximum absolute atomic E-state index is 2.22. The van der Waals surface area contributed by atoms with E-state index in [9.17, 15) is 0 Å². The van der Waals surface area contributed by atoms with Gasteiger partial charge in [-0.3, -0.25) is 0 Å². The van der Waals surface area contributed by atoms with Crippen molar-refractivity contribution in [2.75, 3.05) is 0 Å². The van der Waals surface area contributed by atoms with Gasteiger partial charge in [0.2, 0.25) is 0 Å². The second-order valence-corrected chi connectivity index (χ2v) is 3.88. The van der Waals surface area contributed by atoms with Gasteiger partial charge in [-0.15, -0.1) is 0 Å². The number of hydrogen-bond acceptors (Lipinski definition) is 0. The van der Waals surface area contributed by atoms with E-state index in [0.29, 0.717) is 0 Å². The van der Waals surface area contributed by atoms with Crippen molar-refractivity contribution in [1.29, 1.82) is 0 Å². The van der Waals surface area contributed by atoms with Gasteiger partial charge < -0.3 is 17.0 Å². The van der Waals surface area contributed by atoms with Crippen molar-refractivity contribution in [2.24, 2.45) is 0 Å². The van der Waals surface area contributed by atoms with Crippen LogP contribution in [-0.4, -0.2) is 21.7 Å². The van der Waals surface area contributed by atoms with Crippen LogP contribution in [0.2, 0.25) is 0 Å². The number of hydrogen-bond donors (Lipinski definition) is 0. The average Bonchev–Trinajstić information content (AvgIpc) is 2.19. The number of rotatable bonds is 1. The first-order chi connectivity index (χ1) is 6.36. The SMILES string of the molecule is [Br-].[Mg+][c]1cccc(-c2ccccc2)c1. The van der Waals surface area contributed by atoms with Crippen molar-refractivity contribution in [3.8, 4) is 11.1 Å². The molecule has 0 heterocycles. The van der Waals surface area contributed by atoms with Gasteiger partial charge in [0.1, 0.15) is 0 Å². The Bertz CT molecular complexity index is 398. The Labute approximate surface area is 108 Å². The monoisotopic (exact) mass is 256 g/mol. The third-order valence-electron chi connectivity index (χ3n) is 2.03. The van der Waals surface area contributed by atoms with Crippen LogP contribution in [0.15, 0.2) is 54.6 Å². The quantitative estimate of drug-likeness (QED) is 0.584. The van der Waals surface area contributed by atoms with E-state index in [2.05, 4.69) is 48.5 Å². The summed E-state index contributed by atoms with van der Waals surface area (Å²) in [5, 5.41) is 0. The Morgan fingerprint density at radius 1 is 0.714 bits per heavy atom. The number of benzene rings is 2. The summed E-state index contributed by atoms with van der Waals surface area (Å²) in [5.74, 6) is 0. The van der Waals surface area contributed by atoms with Crippen molar-refractivity contribution in [3.05, 3.63) is 54.6 Å². The fourth-order valence-electron chi connectivity index (χ4n) is 1.38. The predicted octanol–water partition coefficient (Wildman–Crippen LogP) is -0.849. The van der Waals surface area contributed by atoms with E-state index < -0.39 is 0 Å². The zero-order valence-corrected chi connectivity index (χ0v) is 10.8. The molecule has 0 fully saturated rings. The topological polar surface area (TPSA) is 0 Å². The molecular formula is C12H9BrMg. The molecule has 14 heavy (non-hydrogen) atoms. The first-order valence-electron chi connectivity index (χ1n) is 4.34. The van der Waals surface area contributed by atoms with Crippen LogP contribution in [0.5, 0.6) is 0 Å². The molecule has 0 aliphatic carbocycles. The first-order valence-corrected chi connectivity index (χ1v) is 5.04. The Morgan fingerprint density at radius 3 is 2.00 bits per heavy atom. The van der Waals surface area contributed by atoms with E-state index in [0.717, 1.165) is 0 Å². The summed E-state index contributed by atoms with van der Waals surface area (Å²) in [7, 11) is 0. The molecule has 0 bridgehead atoms. The van der Waals surface area contributed by atoms with E-state index >= 15 is 0 Å². The van der Waals surface area contributed by atoms with Crippen LogP contribution in [0.1, 0.15) is 0 Å². The summed E-state index contributed by atoms with van der Waals surface area (Å²) in [6.07, 6.45) is 0. The van der Waals surface area contributed by atoms with Gasteiger partial charge in [0.05, 0.1) is 0 Å². The molecule has 0 nitrogen and oxygen atoms in total. The molecule has 0 aromatic heterocycles. The molecule has 2 aromatic rings. The zero-order chi connectivity index (χ0) is 9.10. The van der Waals surface area contributed by atoms with Crippen LogP contribution in [0.3, 0.4) is 0 Å². The molecule has 0 amide bonds. The fourth-order valence-corrected chi connectivity index (χ4v) is 1.74. The molecule has 0 saturated heterocycles. The second kappa shape index (κ2) is 5.54. The van der Waals surface area contributed by atoms with Crippen molar-refractivity contribution >= 4 is 25.4 Å². The third-order valence-corrected chi connectivity index (χ3v) is 2.47. The molecule has 0 radical (unpaired) electrons. The second-order valence-electron chi connectivity index (χ2n) is 3.07. The molecule has 0 saturated carbocycles. The molecule has 0 unspecified atom stereocenters. The Kier molecular flexibility index (Phi) is 4.65. The van der Waals surface area contributed by atoms with Gasteiger partial charge >= 0.3 is 91.1 Å². The first kappa shape index (κ1) is 11.8. The van der Waals surface area contributed by atoms with E-state index in [1.807, 2.05) is 27.8 Å². The predicted molar refractivity (Wildman–Crippen MR) is 57.3 cm³/mol. The van der Waals surface area contributed by atoms with Gasteiger partial charge in [-0.1, -0.05) is 0 Å². The van der Waals surface area contributed by atoms with Gasteiger partial charge in [-0.05, 0) is 0 Å². The molecule has 66 valence electrons. The summed E-state index contributed by atoms with van der Waals surface area (Å²) in [6, 6.07) is 19.0. The van der Waals surface area contributed by atoms with Crippen molar-refractivity contribution in [3.63, 3.8) is 0 Å². The molecule has 0 N–H and O–H groups in total. The van der Waals surface area contributed by atoms with Crippen molar-refractivity contribution < 1.29 is 17.0 Å². The normalized spacial score (nSPS) is 9.29. The summed E-state index contributed by atoms with van der Waals surface area (Å²) in [5.41, 5.74) is 2.59. The van der Waals surface area contributed by atoms with Crippen LogP contribution in [-0.2, 0) is 0 Å². The molecule has 0 atom stereocenters. The van der Waals surface area contributed by atoms with Crippen molar-refractivity contribution in [1.82, 2.24) is 0 Å². The standard InChI is InChI=1S/C12H9.BrH.Mg/c1-3-7-11(8-4-1)12-9-5-2-6-10-12;;/h1-5,7-10H;1H;/q;;+1/p-1. The van der Waals surface area contributed by atoms with Gasteiger partial charge in [0.25, 0.3) is 0 Å². The van der Waals surface area contributed by atoms with Crippen LogP contribution in [0.4, 0.5) is 0 Å². The fraction of sp³-hybridized carbons (Fsp3) is 0. The van der Waals surface area contributed by atoms with Gasteiger partial charge in [0.15, 0.2) is 0 Å². The van der Waals surface area contributed by atoms with E-state index in [4.69, 9.17) is 0 Å². The van der Waals surface area contributed by atoms with Crippen LogP contribution in [0.25, 0.3) is 11.1 Å². The van der Waals surface area contributed by atoms with E-state index in [1.54, 1.807) is 0 Å². The molecule has 2 rings (SSSR count). The van der Waals surface area contributed by atoms with E-state index in [1.165, 1.54) is 14.8 Å². The van der Waals surface area contributed by atoms with Crippen LogP contribution < -0.4 is 20.7 Å². The Balaban J connectivity index is 0.000000980. The molecule has 2 heteroatoms. The molecule has 0 aliphatic rings. The summed E-state index contributed by atoms with van der Waals surface area (Å²) in [6.45, 7) is 0. The van der Waals surface area contributed by atoms with Gasteiger partial charge in [-0.25, -0.2) is 0 Å². The Hall–Kier alpha value is -0.314.